The first kappa shape index (κ1) is 27.8. The summed E-state index contributed by atoms with van der Waals surface area (Å²) in [6.07, 6.45) is -0.600. The lowest BCUT2D eigenvalue weighted by Gasteiger charge is -2.43. The SMILES string of the molecule is CC(C)C[C@H](NC(=O)CNC(=O)c1cc(Cl)ccc1Cl)[B-]12OC(=O)[C@@](CC(=O)N(C)C)(CC(=O)[OH+]1)O2. The zero-order valence-corrected chi connectivity index (χ0v) is 21.8. The van der Waals surface area contributed by atoms with Crippen molar-refractivity contribution >= 4 is 59.6 Å². The van der Waals surface area contributed by atoms with Crippen LogP contribution in [0.3, 0.4) is 0 Å². The number of carboxylic acids is 1. The van der Waals surface area contributed by atoms with E-state index in [2.05, 4.69) is 15.3 Å². The molecular formula is C22H28BCl2N3O8. The second-order valence-corrected chi connectivity index (χ2v) is 10.4. The van der Waals surface area contributed by atoms with Gasteiger partial charge < -0.3 is 29.5 Å². The third-order valence-corrected chi connectivity index (χ3v) is 6.47. The normalized spacial score (nSPS) is 23.5. The van der Waals surface area contributed by atoms with Crippen LogP contribution in [0.4, 0.5) is 0 Å². The van der Waals surface area contributed by atoms with Crippen LogP contribution in [-0.2, 0) is 28.5 Å². The number of carbonyl (C=O) groups excluding carboxylic acids is 4. The lowest BCUT2D eigenvalue weighted by Crippen LogP contribution is -2.67. The van der Waals surface area contributed by atoms with Crippen molar-refractivity contribution in [2.24, 2.45) is 5.92 Å². The van der Waals surface area contributed by atoms with Crippen molar-refractivity contribution in [2.75, 3.05) is 20.6 Å². The summed E-state index contributed by atoms with van der Waals surface area (Å²) in [5.74, 6) is -4.26. The molecule has 0 radical (unpaired) electrons. The number of fused-ring (bicyclic) bond motifs is 2. The highest BCUT2D eigenvalue weighted by molar-refractivity contribution is 6.67. The predicted octanol–water partition coefficient (Wildman–Crippen LogP) is 0.981. The van der Waals surface area contributed by atoms with E-state index in [1.165, 1.54) is 37.2 Å². The topological polar surface area (TPSA) is 144 Å². The summed E-state index contributed by atoms with van der Waals surface area (Å²) in [7, 11) is 3.03. The van der Waals surface area contributed by atoms with Gasteiger partial charge in [0.05, 0.1) is 23.6 Å². The Balaban J connectivity index is 1.77. The van der Waals surface area contributed by atoms with Crippen LogP contribution >= 0.6 is 23.2 Å². The smallest absolute Gasteiger partial charge is 0.594 e. The highest BCUT2D eigenvalue weighted by Gasteiger charge is 2.68. The first-order valence-electron chi connectivity index (χ1n) is 11.3. The maximum absolute atomic E-state index is 12.9. The number of nitrogens with one attached hydrogen (secondary N) is 2. The number of benzene rings is 1. The Bertz CT molecular complexity index is 1100. The van der Waals surface area contributed by atoms with Gasteiger partial charge in [0.2, 0.25) is 11.8 Å². The van der Waals surface area contributed by atoms with Crippen molar-refractivity contribution in [1.82, 2.24) is 15.5 Å². The second kappa shape index (κ2) is 10.7. The van der Waals surface area contributed by atoms with Gasteiger partial charge >= 0.3 is 12.7 Å². The van der Waals surface area contributed by atoms with Crippen LogP contribution in [0.1, 0.15) is 43.5 Å². The Morgan fingerprint density at radius 3 is 2.56 bits per heavy atom. The van der Waals surface area contributed by atoms with Gasteiger partial charge in [-0.25, -0.2) is 0 Å². The quantitative estimate of drug-likeness (QED) is 0.349. The minimum atomic E-state index is -2.97. The van der Waals surface area contributed by atoms with Gasteiger partial charge in [-0.2, -0.15) is 0 Å². The van der Waals surface area contributed by atoms with Crippen LogP contribution in [0.25, 0.3) is 0 Å². The molecule has 3 N–H and O–H groups in total. The predicted molar refractivity (Wildman–Crippen MR) is 131 cm³/mol. The lowest BCUT2D eigenvalue weighted by atomic mass is 9.64. The molecule has 3 amide bonds. The Hall–Kier alpha value is -2.83. The number of aliphatic carboxylic acids is 1. The molecule has 2 bridgehead atoms. The highest BCUT2D eigenvalue weighted by Crippen LogP contribution is 2.42. The molecule has 196 valence electrons. The highest BCUT2D eigenvalue weighted by atomic mass is 35.5. The van der Waals surface area contributed by atoms with Crippen LogP contribution in [0, 0.1) is 5.92 Å². The molecule has 0 aliphatic carbocycles. The molecule has 0 saturated carbocycles. The second-order valence-electron chi connectivity index (χ2n) is 9.52. The molecule has 2 aliphatic heterocycles. The average Bonchev–Trinajstić information content (AvgIpc) is 2.98. The number of nitrogens with zero attached hydrogens (tertiary/aromatic N) is 1. The van der Waals surface area contributed by atoms with E-state index < -0.39 is 67.3 Å². The van der Waals surface area contributed by atoms with Crippen molar-refractivity contribution in [3.8, 4) is 0 Å². The largest absolute Gasteiger partial charge is 0.717 e. The number of hydrogen-bond acceptors (Lipinski definition) is 7. The summed E-state index contributed by atoms with van der Waals surface area (Å²) in [4.78, 5) is 64.3. The summed E-state index contributed by atoms with van der Waals surface area (Å²) >= 11 is 11.9. The molecule has 1 unspecified atom stereocenters. The Morgan fingerprint density at radius 1 is 1.22 bits per heavy atom. The molecule has 1 aromatic rings. The van der Waals surface area contributed by atoms with Gasteiger partial charge in [0.1, 0.15) is 6.42 Å². The summed E-state index contributed by atoms with van der Waals surface area (Å²) in [6.45, 7) is 0.300. The molecule has 3 atom stereocenters. The van der Waals surface area contributed by atoms with Gasteiger partial charge in [-0.15, -0.1) is 0 Å². The van der Waals surface area contributed by atoms with Gasteiger partial charge in [0.25, 0.3) is 11.9 Å². The molecular weight excluding hydrogens is 516 g/mol. The van der Waals surface area contributed by atoms with Crippen LogP contribution in [-0.4, -0.2) is 78.2 Å². The summed E-state index contributed by atoms with van der Waals surface area (Å²) in [5.41, 5.74) is -1.72. The van der Waals surface area contributed by atoms with Gasteiger partial charge in [0, 0.05) is 29.9 Å². The van der Waals surface area contributed by atoms with Crippen molar-refractivity contribution in [3.63, 3.8) is 0 Å². The summed E-state index contributed by atoms with van der Waals surface area (Å²) in [5, 5.41) is 5.58. The number of amides is 3. The van der Waals surface area contributed by atoms with Crippen molar-refractivity contribution in [3.05, 3.63) is 33.8 Å². The van der Waals surface area contributed by atoms with E-state index in [4.69, 9.17) is 32.5 Å². The fraction of sp³-hybridized carbons (Fsp3) is 0.500. The third-order valence-electron chi connectivity index (χ3n) is 5.90. The minimum absolute atomic E-state index is 0.0284. The zero-order chi connectivity index (χ0) is 26.8. The molecule has 2 heterocycles. The lowest BCUT2D eigenvalue weighted by molar-refractivity contribution is -0.170. The van der Waals surface area contributed by atoms with E-state index in [1.54, 1.807) is 0 Å². The fourth-order valence-electron chi connectivity index (χ4n) is 4.18. The first-order chi connectivity index (χ1) is 16.8. The molecule has 0 spiro atoms. The Kier molecular flexibility index (Phi) is 8.22. The van der Waals surface area contributed by atoms with Crippen molar-refractivity contribution < 1.29 is 37.9 Å². The Labute approximate surface area is 218 Å². The van der Waals surface area contributed by atoms with Crippen LogP contribution < -0.4 is 10.6 Å². The zero-order valence-electron chi connectivity index (χ0n) is 20.3. The molecule has 36 heavy (non-hydrogen) atoms. The standard InChI is InChI=1S/C22H28BCl2N3O8/c1-12(2)7-16(27-17(29)11-26-20(32)14-8-13(24)5-6-15(14)25)23-34-19(31)10-22(36-23,21(33)35-23)9-18(30)28(3)4/h5-6,8,12,16,34H,7,9-11H2,1-4H3,(H,26,32)(H,27,29)/t16-,22+,23?/m0/s1. The van der Waals surface area contributed by atoms with Gasteiger partial charge in [-0.1, -0.05) is 43.5 Å². The number of halogens is 2. The van der Waals surface area contributed by atoms with E-state index in [1.807, 2.05) is 13.8 Å². The van der Waals surface area contributed by atoms with E-state index in [-0.39, 0.29) is 22.9 Å². The molecule has 1 aromatic carbocycles. The van der Waals surface area contributed by atoms with Crippen molar-refractivity contribution in [2.45, 2.75) is 44.7 Å². The van der Waals surface area contributed by atoms with Gasteiger partial charge in [-0.05, 0) is 24.1 Å². The van der Waals surface area contributed by atoms with Crippen LogP contribution in [0.5, 0.6) is 0 Å². The van der Waals surface area contributed by atoms with Gasteiger partial charge in [0.15, 0.2) is 5.60 Å². The van der Waals surface area contributed by atoms with E-state index >= 15 is 0 Å². The summed E-state index contributed by atoms with van der Waals surface area (Å²) in [6, 6.07) is 4.35. The van der Waals surface area contributed by atoms with Gasteiger partial charge in [-0.3, -0.25) is 19.2 Å². The number of rotatable bonds is 9. The van der Waals surface area contributed by atoms with E-state index in [0.29, 0.717) is 5.02 Å². The number of carbonyl (C=O) groups is 5. The van der Waals surface area contributed by atoms with E-state index in [0.717, 1.165) is 0 Å². The molecule has 2 fully saturated rings. The summed E-state index contributed by atoms with van der Waals surface area (Å²) < 4.78 is 15.5. The Morgan fingerprint density at radius 2 is 1.92 bits per heavy atom. The maximum Gasteiger partial charge on any atom is 0.594 e. The fourth-order valence-corrected chi connectivity index (χ4v) is 4.55. The number of hydrogen-bond donors (Lipinski definition) is 2. The maximum atomic E-state index is 12.9. The molecule has 0 aromatic heterocycles. The molecule has 11 nitrogen and oxygen atoms in total. The minimum Gasteiger partial charge on any atom is -0.717 e. The molecule has 2 saturated heterocycles. The van der Waals surface area contributed by atoms with Crippen LogP contribution in [0.2, 0.25) is 10.0 Å². The first-order valence-corrected chi connectivity index (χ1v) is 12.1. The third kappa shape index (κ3) is 5.93. The monoisotopic (exact) mass is 543 g/mol. The van der Waals surface area contributed by atoms with Crippen LogP contribution in [0.15, 0.2) is 18.2 Å². The van der Waals surface area contributed by atoms with Crippen molar-refractivity contribution in [1.29, 1.82) is 0 Å². The molecule has 2 aliphatic rings. The van der Waals surface area contributed by atoms with E-state index in [9.17, 15) is 24.0 Å². The molecule has 14 heteroatoms. The average molecular weight is 544 g/mol. The molecule has 3 rings (SSSR count).